The van der Waals surface area contributed by atoms with Gasteiger partial charge in [0.1, 0.15) is 0 Å². The Morgan fingerprint density at radius 2 is 2.33 bits per heavy atom. The number of aryl methyl sites for hydroxylation is 1. The SMILES string of the molecule is CCc1cc(C(=O)N2CCC[C@@](CO)(CC3CC3)C2)cs1. The van der Waals surface area contributed by atoms with E-state index in [-0.39, 0.29) is 17.9 Å². The Labute approximate surface area is 131 Å². The monoisotopic (exact) mass is 307 g/mol. The summed E-state index contributed by atoms with van der Waals surface area (Å²) >= 11 is 1.67. The molecule has 1 saturated heterocycles. The zero-order valence-corrected chi connectivity index (χ0v) is 13.6. The van der Waals surface area contributed by atoms with Crippen molar-refractivity contribution in [1.82, 2.24) is 4.90 Å². The lowest BCUT2D eigenvalue weighted by Crippen LogP contribution is -2.48. The number of rotatable bonds is 5. The molecule has 1 aliphatic carbocycles. The summed E-state index contributed by atoms with van der Waals surface area (Å²) in [4.78, 5) is 15.9. The summed E-state index contributed by atoms with van der Waals surface area (Å²) in [7, 11) is 0. The highest BCUT2D eigenvalue weighted by Gasteiger charge is 2.41. The Morgan fingerprint density at radius 3 is 2.95 bits per heavy atom. The van der Waals surface area contributed by atoms with Crippen molar-refractivity contribution in [3.63, 3.8) is 0 Å². The van der Waals surface area contributed by atoms with Gasteiger partial charge in [-0.2, -0.15) is 0 Å². The highest BCUT2D eigenvalue weighted by Crippen LogP contribution is 2.44. The molecule has 0 aromatic carbocycles. The number of aliphatic hydroxyl groups is 1. The first-order valence-corrected chi connectivity index (χ1v) is 9.01. The topological polar surface area (TPSA) is 40.5 Å². The van der Waals surface area contributed by atoms with E-state index in [1.807, 2.05) is 16.3 Å². The van der Waals surface area contributed by atoms with E-state index >= 15 is 0 Å². The summed E-state index contributed by atoms with van der Waals surface area (Å²) in [6.45, 7) is 3.91. The van der Waals surface area contributed by atoms with Gasteiger partial charge in [-0.3, -0.25) is 4.79 Å². The van der Waals surface area contributed by atoms with Gasteiger partial charge in [0.15, 0.2) is 0 Å². The Morgan fingerprint density at radius 1 is 1.52 bits per heavy atom. The number of carbonyl (C=O) groups excluding carboxylic acids is 1. The van der Waals surface area contributed by atoms with Gasteiger partial charge in [-0.05, 0) is 37.7 Å². The molecule has 1 saturated carbocycles. The number of aliphatic hydroxyl groups excluding tert-OH is 1. The van der Waals surface area contributed by atoms with Crippen LogP contribution >= 0.6 is 11.3 Å². The minimum atomic E-state index is -0.0430. The molecule has 3 nitrogen and oxygen atoms in total. The second-order valence-electron chi connectivity index (χ2n) is 6.79. The van der Waals surface area contributed by atoms with E-state index in [0.717, 1.165) is 50.3 Å². The summed E-state index contributed by atoms with van der Waals surface area (Å²) < 4.78 is 0. The van der Waals surface area contributed by atoms with Gasteiger partial charge < -0.3 is 10.0 Å². The highest BCUT2D eigenvalue weighted by atomic mass is 32.1. The molecule has 21 heavy (non-hydrogen) atoms. The fraction of sp³-hybridized carbons (Fsp3) is 0.706. The van der Waals surface area contributed by atoms with Crippen molar-refractivity contribution in [2.24, 2.45) is 11.3 Å². The predicted molar refractivity (Wildman–Crippen MR) is 85.7 cm³/mol. The number of carbonyl (C=O) groups is 1. The number of nitrogens with zero attached hydrogens (tertiary/aromatic N) is 1. The molecule has 3 rings (SSSR count). The van der Waals surface area contributed by atoms with Crippen molar-refractivity contribution in [3.05, 3.63) is 21.9 Å². The molecule has 2 heterocycles. The zero-order chi connectivity index (χ0) is 14.9. The summed E-state index contributed by atoms with van der Waals surface area (Å²) in [5.41, 5.74) is 0.788. The average molecular weight is 307 g/mol. The fourth-order valence-corrected chi connectivity index (χ4v) is 4.35. The molecule has 0 radical (unpaired) electrons. The van der Waals surface area contributed by atoms with Gasteiger partial charge >= 0.3 is 0 Å². The number of hydrogen-bond donors (Lipinski definition) is 1. The van der Waals surface area contributed by atoms with Gasteiger partial charge in [0.05, 0.1) is 12.2 Å². The van der Waals surface area contributed by atoms with Crippen molar-refractivity contribution in [3.8, 4) is 0 Å². The lowest BCUT2D eigenvalue weighted by molar-refractivity contribution is 0.0196. The van der Waals surface area contributed by atoms with Gasteiger partial charge in [-0.1, -0.05) is 19.8 Å². The first-order valence-electron chi connectivity index (χ1n) is 8.13. The molecule has 4 heteroatoms. The van der Waals surface area contributed by atoms with Crippen LogP contribution in [-0.2, 0) is 6.42 Å². The van der Waals surface area contributed by atoms with E-state index < -0.39 is 0 Å². The number of hydrogen-bond acceptors (Lipinski definition) is 3. The summed E-state index contributed by atoms with van der Waals surface area (Å²) in [6, 6.07) is 2.03. The van der Waals surface area contributed by atoms with Gasteiger partial charge in [0.25, 0.3) is 5.91 Å². The fourth-order valence-electron chi connectivity index (χ4n) is 3.54. The Balaban J connectivity index is 1.70. The predicted octanol–water partition coefficient (Wildman–Crippen LogP) is 3.33. The van der Waals surface area contributed by atoms with E-state index in [0.29, 0.717) is 0 Å². The van der Waals surface area contributed by atoms with Crippen molar-refractivity contribution >= 4 is 17.2 Å². The largest absolute Gasteiger partial charge is 0.396 e. The average Bonchev–Trinajstić information content (AvgIpc) is 3.19. The molecular formula is C17H25NO2S. The van der Waals surface area contributed by atoms with Gasteiger partial charge in [-0.25, -0.2) is 0 Å². The molecule has 1 aromatic rings. The molecule has 1 aliphatic heterocycles. The van der Waals surface area contributed by atoms with Crippen LogP contribution in [0.3, 0.4) is 0 Å². The van der Waals surface area contributed by atoms with E-state index in [1.54, 1.807) is 11.3 Å². The molecule has 1 amide bonds. The quantitative estimate of drug-likeness (QED) is 0.906. The van der Waals surface area contributed by atoms with E-state index in [2.05, 4.69) is 6.92 Å². The molecule has 116 valence electrons. The number of amides is 1. The Hall–Kier alpha value is -0.870. The van der Waals surface area contributed by atoms with Gasteiger partial charge in [-0.15, -0.1) is 11.3 Å². The molecular weight excluding hydrogens is 282 g/mol. The van der Waals surface area contributed by atoms with Crippen LogP contribution in [0.2, 0.25) is 0 Å². The summed E-state index contributed by atoms with van der Waals surface area (Å²) in [5, 5.41) is 11.9. The van der Waals surface area contributed by atoms with Crippen molar-refractivity contribution in [2.45, 2.75) is 45.4 Å². The molecule has 2 fully saturated rings. The van der Waals surface area contributed by atoms with E-state index in [9.17, 15) is 9.90 Å². The standard InChI is InChI=1S/C17H25NO2S/c1-2-15-8-14(10-21-15)16(20)18-7-3-6-17(11-18,12-19)9-13-4-5-13/h8,10,13,19H,2-7,9,11-12H2,1H3/t17-/m1/s1. The maximum atomic E-state index is 12.7. The second kappa shape index (κ2) is 6.09. The molecule has 2 aliphatic rings. The minimum Gasteiger partial charge on any atom is -0.396 e. The minimum absolute atomic E-state index is 0.0430. The van der Waals surface area contributed by atoms with Crippen molar-refractivity contribution in [1.29, 1.82) is 0 Å². The van der Waals surface area contributed by atoms with Crippen LogP contribution in [0.4, 0.5) is 0 Å². The molecule has 0 bridgehead atoms. The first-order chi connectivity index (χ1) is 10.2. The third-order valence-electron chi connectivity index (χ3n) is 4.95. The zero-order valence-electron chi connectivity index (χ0n) is 12.8. The van der Waals surface area contributed by atoms with Crippen LogP contribution in [0.5, 0.6) is 0 Å². The highest BCUT2D eigenvalue weighted by molar-refractivity contribution is 7.10. The maximum Gasteiger partial charge on any atom is 0.254 e. The maximum absolute atomic E-state index is 12.7. The first kappa shape index (κ1) is 15.0. The molecule has 1 aromatic heterocycles. The lowest BCUT2D eigenvalue weighted by atomic mass is 9.76. The molecule has 0 spiro atoms. The van der Waals surface area contributed by atoms with Crippen LogP contribution in [0.15, 0.2) is 11.4 Å². The van der Waals surface area contributed by atoms with Crippen LogP contribution in [0.1, 0.15) is 54.3 Å². The second-order valence-corrected chi connectivity index (χ2v) is 7.79. The van der Waals surface area contributed by atoms with Crippen molar-refractivity contribution < 1.29 is 9.90 Å². The summed E-state index contributed by atoms with van der Waals surface area (Å²) in [5.74, 6) is 0.944. The smallest absolute Gasteiger partial charge is 0.254 e. The van der Waals surface area contributed by atoms with E-state index in [1.165, 1.54) is 17.7 Å². The molecule has 1 N–H and O–H groups in total. The van der Waals surface area contributed by atoms with Crippen LogP contribution in [0, 0.1) is 11.3 Å². The van der Waals surface area contributed by atoms with Crippen LogP contribution in [0.25, 0.3) is 0 Å². The third kappa shape index (κ3) is 3.32. The van der Waals surface area contributed by atoms with Crippen LogP contribution < -0.4 is 0 Å². The third-order valence-corrected chi connectivity index (χ3v) is 6.03. The summed E-state index contributed by atoms with van der Waals surface area (Å²) in [6.07, 6.45) is 6.77. The molecule has 1 atom stereocenters. The van der Waals surface area contributed by atoms with Crippen molar-refractivity contribution in [2.75, 3.05) is 19.7 Å². The van der Waals surface area contributed by atoms with E-state index in [4.69, 9.17) is 0 Å². The number of thiophene rings is 1. The number of likely N-dealkylation sites (tertiary alicyclic amines) is 1. The Bertz CT molecular complexity index is 509. The van der Waals surface area contributed by atoms with Gasteiger partial charge in [0, 0.05) is 28.8 Å². The lowest BCUT2D eigenvalue weighted by Gasteiger charge is -2.42. The Kier molecular flexibility index (Phi) is 4.36. The van der Waals surface area contributed by atoms with Crippen LogP contribution in [-0.4, -0.2) is 35.6 Å². The normalized spacial score (nSPS) is 26.1. The molecule has 0 unspecified atom stereocenters. The van der Waals surface area contributed by atoms with Gasteiger partial charge in [0.2, 0.25) is 0 Å². The number of piperidine rings is 1.